The molecule has 0 radical (unpaired) electrons. The number of rotatable bonds is 9. The van der Waals surface area contributed by atoms with Gasteiger partial charge in [-0.05, 0) is 42.5 Å². The number of carbonyl (C=O) groups excluding carboxylic acids is 2. The van der Waals surface area contributed by atoms with Crippen molar-refractivity contribution in [3.05, 3.63) is 69.2 Å². The SMILES string of the molecule is NC(N)=N[C@@H]1CC[C@H](C(=O)Cc2ccc(C[C@H](NC(=O)c3c(Cl)cccc3Cl)C(=O)O)cc2)C1. The summed E-state index contributed by atoms with van der Waals surface area (Å²) in [5, 5.41) is 12.3. The van der Waals surface area contributed by atoms with Gasteiger partial charge in [-0.1, -0.05) is 53.5 Å². The summed E-state index contributed by atoms with van der Waals surface area (Å²) < 4.78 is 0. The third-order valence-corrected chi connectivity index (χ3v) is 6.46. The number of guanidine groups is 1. The summed E-state index contributed by atoms with van der Waals surface area (Å²) in [6.45, 7) is 0. The molecule has 3 rings (SSSR count). The number of ketones is 1. The van der Waals surface area contributed by atoms with E-state index in [0.29, 0.717) is 12.0 Å². The van der Waals surface area contributed by atoms with E-state index in [1.165, 1.54) is 12.1 Å². The third kappa shape index (κ3) is 6.71. The Morgan fingerprint density at radius 1 is 1.03 bits per heavy atom. The van der Waals surface area contributed by atoms with Crippen molar-refractivity contribution in [3.8, 4) is 0 Å². The highest BCUT2D eigenvalue weighted by atomic mass is 35.5. The second-order valence-corrected chi connectivity index (χ2v) is 9.16. The minimum Gasteiger partial charge on any atom is -0.480 e. The highest BCUT2D eigenvalue weighted by Crippen LogP contribution is 2.29. The molecule has 0 bridgehead atoms. The Morgan fingerprint density at radius 3 is 2.24 bits per heavy atom. The van der Waals surface area contributed by atoms with Crippen LogP contribution >= 0.6 is 23.2 Å². The molecule has 180 valence electrons. The molecule has 1 fully saturated rings. The van der Waals surface area contributed by atoms with Crippen molar-refractivity contribution in [2.45, 2.75) is 44.2 Å². The third-order valence-electron chi connectivity index (χ3n) is 5.83. The minimum absolute atomic E-state index is 0.00913. The molecule has 3 atom stereocenters. The molecule has 0 spiro atoms. The molecule has 1 aliphatic carbocycles. The van der Waals surface area contributed by atoms with E-state index in [1.54, 1.807) is 30.3 Å². The van der Waals surface area contributed by atoms with Crippen molar-refractivity contribution in [2.75, 3.05) is 0 Å². The van der Waals surface area contributed by atoms with Gasteiger partial charge in [-0.3, -0.25) is 14.6 Å². The minimum atomic E-state index is -1.19. The van der Waals surface area contributed by atoms with Gasteiger partial charge in [0.05, 0.1) is 21.7 Å². The number of carboxylic acid groups (broad SMARTS) is 1. The molecule has 0 aliphatic heterocycles. The number of halogens is 2. The molecular weight excluding hydrogens is 479 g/mol. The van der Waals surface area contributed by atoms with Crippen LogP contribution in [-0.4, -0.2) is 40.8 Å². The lowest BCUT2D eigenvalue weighted by Crippen LogP contribution is -2.42. The molecule has 1 amide bonds. The Kier molecular flexibility index (Phi) is 8.52. The number of aliphatic carboxylic acids is 1. The van der Waals surface area contributed by atoms with E-state index in [2.05, 4.69) is 10.3 Å². The van der Waals surface area contributed by atoms with E-state index < -0.39 is 17.9 Å². The molecule has 34 heavy (non-hydrogen) atoms. The molecule has 10 heteroatoms. The smallest absolute Gasteiger partial charge is 0.326 e. The Bertz CT molecular complexity index is 1080. The summed E-state index contributed by atoms with van der Waals surface area (Å²) >= 11 is 12.1. The first-order valence-corrected chi connectivity index (χ1v) is 11.6. The number of nitrogens with zero attached hydrogens (tertiary/aromatic N) is 1. The molecule has 8 nitrogen and oxygen atoms in total. The Balaban J connectivity index is 1.60. The van der Waals surface area contributed by atoms with Crippen molar-refractivity contribution in [2.24, 2.45) is 22.4 Å². The lowest BCUT2D eigenvalue weighted by molar-refractivity contribution is -0.139. The summed E-state index contributed by atoms with van der Waals surface area (Å²) in [7, 11) is 0. The number of carbonyl (C=O) groups is 3. The fraction of sp³-hybridized carbons (Fsp3) is 0.333. The molecular formula is C24H26Cl2N4O4. The Morgan fingerprint density at radius 2 is 1.65 bits per heavy atom. The van der Waals surface area contributed by atoms with Gasteiger partial charge in [0.15, 0.2) is 5.96 Å². The van der Waals surface area contributed by atoms with Gasteiger partial charge in [0, 0.05) is 18.8 Å². The van der Waals surface area contributed by atoms with Crippen LogP contribution in [0.15, 0.2) is 47.5 Å². The Hall–Kier alpha value is -3.10. The van der Waals surface area contributed by atoms with Crippen LogP contribution in [0.3, 0.4) is 0 Å². The van der Waals surface area contributed by atoms with Crippen molar-refractivity contribution in [3.63, 3.8) is 0 Å². The normalized spacial score (nSPS) is 18.2. The number of amides is 1. The lowest BCUT2D eigenvalue weighted by atomic mass is 9.95. The molecule has 2 aromatic rings. The van der Waals surface area contributed by atoms with Gasteiger partial charge >= 0.3 is 5.97 Å². The van der Waals surface area contributed by atoms with Gasteiger partial charge < -0.3 is 21.9 Å². The highest BCUT2D eigenvalue weighted by Gasteiger charge is 2.29. The second-order valence-electron chi connectivity index (χ2n) is 8.34. The van der Waals surface area contributed by atoms with Crippen LogP contribution in [0.1, 0.15) is 40.7 Å². The van der Waals surface area contributed by atoms with Crippen molar-refractivity contribution < 1.29 is 19.5 Å². The van der Waals surface area contributed by atoms with Gasteiger partial charge in [-0.2, -0.15) is 0 Å². The standard InChI is InChI=1S/C24H26Cl2N4O4/c25-17-2-1-3-18(26)21(17)22(32)30-19(23(33)34)10-13-4-6-14(7-5-13)11-20(31)15-8-9-16(12-15)29-24(27)28/h1-7,15-16,19H,8-12H2,(H,30,32)(H,33,34)(H4,27,28,29)/t15-,16+,19-/m0/s1. The van der Waals surface area contributed by atoms with Crippen LogP contribution in [0.2, 0.25) is 10.0 Å². The predicted molar refractivity (Wildman–Crippen MR) is 131 cm³/mol. The maximum absolute atomic E-state index is 12.7. The molecule has 0 saturated heterocycles. The van der Waals surface area contributed by atoms with Gasteiger partial charge in [0.25, 0.3) is 5.91 Å². The average molecular weight is 505 g/mol. The number of Topliss-reactive ketones (excluding diaryl/α,β-unsaturated/α-hetero) is 1. The highest BCUT2D eigenvalue weighted by molar-refractivity contribution is 6.39. The van der Waals surface area contributed by atoms with E-state index in [9.17, 15) is 19.5 Å². The maximum Gasteiger partial charge on any atom is 0.326 e. The number of aliphatic imine (C=N–C) groups is 1. The number of nitrogens with one attached hydrogen (secondary N) is 1. The summed E-state index contributed by atoms with van der Waals surface area (Å²) in [4.78, 5) is 41.1. The first-order valence-electron chi connectivity index (χ1n) is 10.8. The van der Waals surface area contributed by atoms with Gasteiger partial charge in [-0.15, -0.1) is 0 Å². The van der Waals surface area contributed by atoms with Crippen molar-refractivity contribution >= 4 is 46.8 Å². The number of carboxylic acids is 1. The van der Waals surface area contributed by atoms with Crippen LogP contribution in [-0.2, 0) is 22.4 Å². The molecule has 0 unspecified atom stereocenters. The number of hydrogen-bond donors (Lipinski definition) is 4. The van der Waals surface area contributed by atoms with E-state index in [1.807, 2.05) is 0 Å². The monoisotopic (exact) mass is 504 g/mol. The summed E-state index contributed by atoms with van der Waals surface area (Å²) in [6, 6.07) is 10.5. The summed E-state index contributed by atoms with van der Waals surface area (Å²) in [5.41, 5.74) is 12.4. The molecule has 0 aromatic heterocycles. The second kappa shape index (κ2) is 11.4. The van der Waals surface area contributed by atoms with Crippen LogP contribution in [0, 0.1) is 5.92 Å². The maximum atomic E-state index is 12.7. The van der Waals surface area contributed by atoms with Crippen LogP contribution in [0.25, 0.3) is 0 Å². The fourth-order valence-electron chi connectivity index (χ4n) is 4.10. The predicted octanol–water partition coefficient (Wildman–Crippen LogP) is 2.97. The molecule has 0 heterocycles. The summed E-state index contributed by atoms with van der Waals surface area (Å²) in [5.74, 6) is -1.75. The molecule has 6 N–H and O–H groups in total. The number of nitrogens with two attached hydrogens (primary N) is 2. The average Bonchev–Trinajstić information content (AvgIpc) is 3.22. The first-order chi connectivity index (χ1) is 16.1. The quantitative estimate of drug-likeness (QED) is 0.304. The van der Waals surface area contributed by atoms with Gasteiger partial charge in [0.1, 0.15) is 11.8 Å². The van der Waals surface area contributed by atoms with Gasteiger partial charge in [-0.25, -0.2) is 4.79 Å². The van der Waals surface area contributed by atoms with E-state index in [0.717, 1.165) is 18.4 Å². The van der Waals surface area contributed by atoms with Crippen LogP contribution in [0.4, 0.5) is 0 Å². The van der Waals surface area contributed by atoms with Gasteiger partial charge in [0.2, 0.25) is 0 Å². The molecule has 2 aromatic carbocycles. The van der Waals surface area contributed by atoms with E-state index >= 15 is 0 Å². The van der Waals surface area contributed by atoms with Crippen molar-refractivity contribution in [1.29, 1.82) is 0 Å². The zero-order valence-corrected chi connectivity index (χ0v) is 19.9. The molecule has 1 aliphatic rings. The van der Waals surface area contributed by atoms with Crippen LogP contribution < -0.4 is 16.8 Å². The van der Waals surface area contributed by atoms with E-state index in [4.69, 9.17) is 34.7 Å². The van der Waals surface area contributed by atoms with Crippen LogP contribution in [0.5, 0.6) is 0 Å². The number of hydrogen-bond acceptors (Lipinski definition) is 4. The zero-order chi connectivity index (χ0) is 24.8. The zero-order valence-electron chi connectivity index (χ0n) is 18.3. The largest absolute Gasteiger partial charge is 0.480 e. The van der Waals surface area contributed by atoms with E-state index in [-0.39, 0.29) is 52.2 Å². The fourth-order valence-corrected chi connectivity index (χ4v) is 4.67. The first kappa shape index (κ1) is 25.5. The summed E-state index contributed by atoms with van der Waals surface area (Å²) in [6.07, 6.45) is 2.52. The van der Waals surface area contributed by atoms with Crippen molar-refractivity contribution in [1.82, 2.24) is 5.32 Å². The lowest BCUT2D eigenvalue weighted by Gasteiger charge is -2.16. The number of benzene rings is 2. The molecule has 1 saturated carbocycles. The Labute approximate surface area is 207 Å². The topological polar surface area (TPSA) is 148 Å².